The van der Waals surface area contributed by atoms with Gasteiger partial charge >= 0.3 is 0 Å². The molecule has 0 aliphatic rings. The predicted octanol–water partition coefficient (Wildman–Crippen LogP) is 0.388. The second-order valence-corrected chi connectivity index (χ2v) is 4.04. The fourth-order valence-electron chi connectivity index (χ4n) is 1.33. The number of amides is 1. The van der Waals surface area contributed by atoms with E-state index in [0.29, 0.717) is 12.5 Å². The van der Waals surface area contributed by atoms with Crippen LogP contribution in [0, 0.1) is 0 Å². The molecule has 0 fully saturated rings. The monoisotopic (exact) mass is 381 g/mol. The minimum atomic E-state index is -0.00835. The van der Waals surface area contributed by atoms with E-state index in [0.717, 1.165) is 5.69 Å². The Labute approximate surface area is 130 Å². The van der Waals surface area contributed by atoms with E-state index in [2.05, 4.69) is 15.5 Å². The van der Waals surface area contributed by atoms with Gasteiger partial charge in [-0.15, -0.1) is 24.0 Å². The maximum absolute atomic E-state index is 11.5. The van der Waals surface area contributed by atoms with E-state index in [1.165, 1.54) is 11.2 Å². The van der Waals surface area contributed by atoms with Crippen LogP contribution in [0.3, 0.4) is 0 Å². The van der Waals surface area contributed by atoms with E-state index >= 15 is 0 Å². The quantitative estimate of drug-likeness (QED) is 0.464. The molecule has 0 unspecified atom stereocenters. The number of likely N-dealkylation sites (N-methyl/N-ethyl adjacent to an activating group) is 1. The second-order valence-electron chi connectivity index (χ2n) is 4.04. The molecule has 7 nitrogen and oxygen atoms in total. The van der Waals surface area contributed by atoms with Gasteiger partial charge in [0.2, 0.25) is 5.91 Å². The fraction of sp³-hybridized carbons (Fsp3) is 0.545. The molecule has 1 rings (SSSR count). The molecule has 0 spiro atoms. The predicted molar refractivity (Wildman–Crippen MR) is 83.4 cm³/mol. The molecule has 0 bridgehead atoms. The van der Waals surface area contributed by atoms with Gasteiger partial charge in [0.05, 0.1) is 13.1 Å². The molecule has 1 amide bonds. The molecule has 1 N–H and O–H groups in total. The zero-order valence-corrected chi connectivity index (χ0v) is 13.9. The van der Waals surface area contributed by atoms with Gasteiger partial charge in [-0.25, -0.2) is 0 Å². The lowest BCUT2D eigenvalue weighted by Gasteiger charge is -2.21. The lowest BCUT2D eigenvalue weighted by Crippen LogP contribution is -2.43. The molecule has 19 heavy (non-hydrogen) atoms. The van der Waals surface area contributed by atoms with Crippen LogP contribution in [0.5, 0.6) is 0 Å². The molecule has 0 aliphatic carbocycles. The van der Waals surface area contributed by atoms with Crippen molar-refractivity contribution in [3.8, 4) is 0 Å². The second kappa shape index (κ2) is 8.73. The van der Waals surface area contributed by atoms with Crippen molar-refractivity contribution in [2.24, 2.45) is 4.99 Å². The molecule has 0 saturated heterocycles. The van der Waals surface area contributed by atoms with Crippen LogP contribution in [-0.4, -0.2) is 61.6 Å². The zero-order chi connectivity index (χ0) is 13.5. The third-order valence-corrected chi connectivity index (χ3v) is 2.36. The van der Waals surface area contributed by atoms with Gasteiger partial charge in [-0.05, 0) is 0 Å². The molecule has 1 aromatic heterocycles. The Hall–Kier alpha value is -1.32. The number of aliphatic imine (C=N–C) groups is 1. The van der Waals surface area contributed by atoms with Crippen molar-refractivity contribution in [2.45, 2.75) is 6.54 Å². The Kier molecular flexibility index (Phi) is 8.12. The summed E-state index contributed by atoms with van der Waals surface area (Å²) in [5.41, 5.74) is 0.805. The highest BCUT2D eigenvalue weighted by Gasteiger charge is 2.10. The fourth-order valence-corrected chi connectivity index (χ4v) is 1.33. The van der Waals surface area contributed by atoms with Gasteiger partial charge in [0.1, 0.15) is 12.0 Å². The SMILES string of the molecule is CN=C(NCC(=O)N(C)C)N(C)Cc1ccon1.I. The van der Waals surface area contributed by atoms with Crippen LogP contribution in [0.4, 0.5) is 0 Å². The zero-order valence-electron chi connectivity index (χ0n) is 11.6. The van der Waals surface area contributed by atoms with Gasteiger partial charge in [0.25, 0.3) is 0 Å². The minimum absolute atomic E-state index is 0. The molecule has 1 heterocycles. The maximum Gasteiger partial charge on any atom is 0.241 e. The van der Waals surface area contributed by atoms with E-state index < -0.39 is 0 Å². The van der Waals surface area contributed by atoms with Gasteiger partial charge < -0.3 is 19.6 Å². The smallest absolute Gasteiger partial charge is 0.241 e. The van der Waals surface area contributed by atoms with Crippen molar-refractivity contribution < 1.29 is 9.32 Å². The Balaban J connectivity index is 0.00000324. The van der Waals surface area contributed by atoms with E-state index in [1.807, 2.05) is 11.9 Å². The third-order valence-electron chi connectivity index (χ3n) is 2.36. The summed E-state index contributed by atoms with van der Waals surface area (Å²) < 4.78 is 4.76. The molecule has 0 aromatic carbocycles. The van der Waals surface area contributed by atoms with Crippen molar-refractivity contribution in [2.75, 3.05) is 34.7 Å². The number of hydrogen-bond acceptors (Lipinski definition) is 4. The van der Waals surface area contributed by atoms with Gasteiger partial charge in [-0.3, -0.25) is 9.79 Å². The number of rotatable bonds is 4. The molecule has 8 heteroatoms. The number of guanidine groups is 1. The van der Waals surface area contributed by atoms with E-state index in [-0.39, 0.29) is 36.4 Å². The average Bonchev–Trinajstić information content (AvgIpc) is 2.82. The largest absolute Gasteiger partial charge is 0.364 e. The summed E-state index contributed by atoms with van der Waals surface area (Å²) in [6.45, 7) is 0.773. The number of aromatic nitrogens is 1. The standard InChI is InChI=1S/C11H19N5O2.HI/c1-12-11(13-7-10(17)15(2)3)16(4)8-9-5-6-18-14-9;/h5-6H,7-8H2,1-4H3,(H,12,13);1H. The summed E-state index contributed by atoms with van der Waals surface area (Å²) in [6.07, 6.45) is 1.52. The van der Waals surface area contributed by atoms with Crippen LogP contribution in [0.1, 0.15) is 5.69 Å². The van der Waals surface area contributed by atoms with Crippen molar-refractivity contribution in [3.05, 3.63) is 18.0 Å². The number of nitrogens with one attached hydrogen (secondary N) is 1. The molecule has 1 aromatic rings. The molecular weight excluding hydrogens is 361 g/mol. The van der Waals surface area contributed by atoms with Crippen LogP contribution < -0.4 is 5.32 Å². The third kappa shape index (κ3) is 5.90. The highest BCUT2D eigenvalue weighted by Crippen LogP contribution is 1.99. The summed E-state index contributed by atoms with van der Waals surface area (Å²) in [6, 6.07) is 1.79. The lowest BCUT2D eigenvalue weighted by molar-refractivity contribution is -0.127. The van der Waals surface area contributed by atoms with E-state index in [1.54, 1.807) is 27.2 Å². The topological polar surface area (TPSA) is 74.0 Å². The number of carbonyl (C=O) groups is 1. The van der Waals surface area contributed by atoms with Gasteiger partial charge in [-0.2, -0.15) is 0 Å². The number of carbonyl (C=O) groups excluding carboxylic acids is 1. The summed E-state index contributed by atoms with van der Waals surface area (Å²) in [5.74, 6) is 0.624. The van der Waals surface area contributed by atoms with Crippen molar-refractivity contribution in [1.29, 1.82) is 0 Å². The maximum atomic E-state index is 11.5. The summed E-state index contributed by atoms with van der Waals surface area (Å²) in [5, 5.41) is 6.81. The molecule has 0 atom stereocenters. The molecule has 0 radical (unpaired) electrons. The highest BCUT2D eigenvalue weighted by atomic mass is 127. The molecular formula is C11H20IN5O2. The summed E-state index contributed by atoms with van der Waals surface area (Å²) in [7, 11) is 6.96. The van der Waals surface area contributed by atoms with Crippen molar-refractivity contribution >= 4 is 35.8 Å². The minimum Gasteiger partial charge on any atom is -0.364 e. The van der Waals surface area contributed by atoms with Crippen LogP contribution >= 0.6 is 24.0 Å². The molecule has 108 valence electrons. The highest BCUT2D eigenvalue weighted by molar-refractivity contribution is 14.0. The first kappa shape index (κ1) is 17.7. The Morgan fingerprint density at radius 1 is 1.47 bits per heavy atom. The van der Waals surface area contributed by atoms with Crippen LogP contribution in [0.2, 0.25) is 0 Å². The van der Waals surface area contributed by atoms with Crippen LogP contribution in [-0.2, 0) is 11.3 Å². The van der Waals surface area contributed by atoms with Crippen molar-refractivity contribution in [3.63, 3.8) is 0 Å². The first-order valence-electron chi connectivity index (χ1n) is 5.55. The van der Waals surface area contributed by atoms with Crippen LogP contribution in [0.15, 0.2) is 21.8 Å². The van der Waals surface area contributed by atoms with Crippen molar-refractivity contribution in [1.82, 2.24) is 20.3 Å². The lowest BCUT2D eigenvalue weighted by atomic mass is 10.4. The number of halogens is 1. The number of nitrogens with zero attached hydrogens (tertiary/aromatic N) is 4. The number of hydrogen-bond donors (Lipinski definition) is 1. The molecule has 0 aliphatic heterocycles. The summed E-state index contributed by atoms with van der Waals surface area (Å²) in [4.78, 5) is 19.0. The van der Waals surface area contributed by atoms with E-state index in [9.17, 15) is 4.79 Å². The Bertz CT molecular complexity index is 405. The molecule has 0 saturated carbocycles. The van der Waals surface area contributed by atoms with Crippen LogP contribution in [0.25, 0.3) is 0 Å². The Morgan fingerprint density at radius 3 is 2.63 bits per heavy atom. The first-order chi connectivity index (χ1) is 8.54. The van der Waals surface area contributed by atoms with Gasteiger partial charge in [-0.1, -0.05) is 5.16 Å². The summed E-state index contributed by atoms with van der Waals surface area (Å²) >= 11 is 0. The Morgan fingerprint density at radius 2 is 2.16 bits per heavy atom. The first-order valence-corrected chi connectivity index (χ1v) is 5.55. The van der Waals surface area contributed by atoms with Gasteiger partial charge in [0, 0.05) is 34.3 Å². The van der Waals surface area contributed by atoms with E-state index in [4.69, 9.17) is 4.52 Å². The average molecular weight is 381 g/mol. The normalized spacial score (nSPS) is 10.6. The van der Waals surface area contributed by atoms with Gasteiger partial charge in [0.15, 0.2) is 5.96 Å².